The molecule has 3 N–H and O–H groups in total. The van der Waals surface area contributed by atoms with Crippen LogP contribution in [0.1, 0.15) is 13.3 Å². The Morgan fingerprint density at radius 1 is 1.24 bits per heavy atom. The molecular formula is C13H20N2O6. The second kappa shape index (κ2) is 5.98. The van der Waals surface area contributed by atoms with Crippen LogP contribution in [0.15, 0.2) is 0 Å². The summed E-state index contributed by atoms with van der Waals surface area (Å²) in [6.07, 6.45) is 0.150. The minimum absolute atomic E-state index is 0.0799. The first-order valence-corrected chi connectivity index (χ1v) is 6.90. The Kier molecular flexibility index (Phi) is 4.48. The summed E-state index contributed by atoms with van der Waals surface area (Å²) in [5.41, 5.74) is -0.346. The van der Waals surface area contributed by atoms with Crippen molar-refractivity contribution in [3.8, 4) is 0 Å². The Labute approximate surface area is 122 Å². The molecule has 0 aromatic rings. The number of piperidine rings is 1. The van der Waals surface area contributed by atoms with Gasteiger partial charge < -0.3 is 25.2 Å². The fraction of sp³-hybridized carbons (Fsp3) is 0.769. The van der Waals surface area contributed by atoms with E-state index < -0.39 is 23.8 Å². The van der Waals surface area contributed by atoms with E-state index >= 15 is 0 Å². The van der Waals surface area contributed by atoms with Crippen LogP contribution in [-0.2, 0) is 19.1 Å². The van der Waals surface area contributed by atoms with Crippen LogP contribution in [0.5, 0.6) is 0 Å². The number of amides is 1. The van der Waals surface area contributed by atoms with Crippen LogP contribution >= 0.6 is 0 Å². The summed E-state index contributed by atoms with van der Waals surface area (Å²) in [5, 5.41) is 21.2. The average Bonchev–Trinajstić information content (AvgIpc) is 2.41. The number of hydrogen-bond acceptors (Lipinski definition) is 5. The van der Waals surface area contributed by atoms with Crippen molar-refractivity contribution >= 4 is 17.8 Å². The van der Waals surface area contributed by atoms with E-state index in [1.807, 2.05) is 6.92 Å². The van der Waals surface area contributed by atoms with E-state index in [1.54, 1.807) is 0 Å². The lowest BCUT2D eigenvalue weighted by molar-refractivity contribution is -0.161. The van der Waals surface area contributed by atoms with E-state index in [9.17, 15) is 14.4 Å². The summed E-state index contributed by atoms with van der Waals surface area (Å²) >= 11 is 0. The standard InChI is InChI=1S/C13H20N2O6/c1-13(6-14-7-13)21-5-10(16)15-3-2-8(11(17)18)9(4-15)12(19)20/h8-9,14H,2-7H2,1H3,(H,17,18)(H,19,20). The van der Waals surface area contributed by atoms with Gasteiger partial charge in [-0.1, -0.05) is 0 Å². The van der Waals surface area contributed by atoms with Gasteiger partial charge in [0.15, 0.2) is 0 Å². The number of nitrogens with one attached hydrogen (secondary N) is 1. The van der Waals surface area contributed by atoms with Crippen molar-refractivity contribution in [1.29, 1.82) is 0 Å². The van der Waals surface area contributed by atoms with Crippen molar-refractivity contribution in [3.05, 3.63) is 0 Å². The van der Waals surface area contributed by atoms with Gasteiger partial charge in [0.2, 0.25) is 5.91 Å². The summed E-state index contributed by atoms with van der Waals surface area (Å²) < 4.78 is 5.53. The number of aliphatic carboxylic acids is 2. The smallest absolute Gasteiger partial charge is 0.309 e. The fourth-order valence-electron chi connectivity index (χ4n) is 2.63. The van der Waals surface area contributed by atoms with Crippen LogP contribution < -0.4 is 5.32 Å². The maximum absolute atomic E-state index is 12.1. The van der Waals surface area contributed by atoms with Crippen molar-refractivity contribution < 1.29 is 29.3 Å². The third kappa shape index (κ3) is 3.51. The maximum atomic E-state index is 12.1. The number of ether oxygens (including phenoxy) is 1. The third-order valence-electron chi connectivity index (χ3n) is 4.14. The summed E-state index contributed by atoms with van der Waals surface area (Å²) in [6.45, 7) is 3.31. The lowest BCUT2D eigenvalue weighted by atomic mass is 9.85. The van der Waals surface area contributed by atoms with E-state index in [0.717, 1.165) is 0 Å². The van der Waals surface area contributed by atoms with E-state index in [2.05, 4.69) is 5.32 Å². The first-order valence-electron chi connectivity index (χ1n) is 6.90. The second-order valence-corrected chi connectivity index (χ2v) is 5.86. The van der Waals surface area contributed by atoms with Gasteiger partial charge in [0, 0.05) is 26.2 Å². The van der Waals surface area contributed by atoms with Crippen molar-refractivity contribution in [2.24, 2.45) is 11.8 Å². The molecule has 0 spiro atoms. The predicted molar refractivity (Wildman–Crippen MR) is 70.7 cm³/mol. The third-order valence-corrected chi connectivity index (χ3v) is 4.14. The van der Waals surface area contributed by atoms with Gasteiger partial charge in [-0.05, 0) is 13.3 Å². The van der Waals surface area contributed by atoms with Gasteiger partial charge in [0.25, 0.3) is 0 Å². The number of carbonyl (C=O) groups excluding carboxylic acids is 1. The quantitative estimate of drug-likeness (QED) is 0.596. The maximum Gasteiger partial charge on any atom is 0.309 e. The van der Waals surface area contributed by atoms with Crippen LogP contribution in [0.3, 0.4) is 0 Å². The van der Waals surface area contributed by atoms with Crippen molar-refractivity contribution in [2.45, 2.75) is 18.9 Å². The molecule has 8 heteroatoms. The second-order valence-electron chi connectivity index (χ2n) is 5.86. The Hall–Kier alpha value is -1.67. The first-order chi connectivity index (χ1) is 9.82. The molecule has 0 aromatic carbocycles. The summed E-state index contributed by atoms with van der Waals surface area (Å²) in [5.74, 6) is -4.62. The van der Waals surface area contributed by atoms with Crippen molar-refractivity contribution in [1.82, 2.24) is 10.2 Å². The van der Waals surface area contributed by atoms with E-state index in [1.165, 1.54) is 4.90 Å². The highest BCUT2D eigenvalue weighted by molar-refractivity contribution is 5.83. The van der Waals surface area contributed by atoms with E-state index in [-0.39, 0.29) is 37.6 Å². The number of carboxylic acid groups (broad SMARTS) is 2. The lowest BCUT2D eigenvalue weighted by Crippen LogP contribution is -2.60. The Balaban J connectivity index is 1.90. The number of hydrogen-bond donors (Lipinski definition) is 3. The van der Waals surface area contributed by atoms with Crippen LogP contribution in [-0.4, -0.2) is 71.3 Å². The van der Waals surface area contributed by atoms with Crippen LogP contribution in [0.25, 0.3) is 0 Å². The van der Waals surface area contributed by atoms with Gasteiger partial charge in [0.05, 0.1) is 17.4 Å². The Morgan fingerprint density at radius 2 is 1.86 bits per heavy atom. The molecule has 2 aliphatic heterocycles. The summed E-state index contributed by atoms with van der Waals surface area (Å²) in [4.78, 5) is 35.7. The minimum atomic E-state index is -1.18. The van der Waals surface area contributed by atoms with Crippen LogP contribution in [0.2, 0.25) is 0 Å². The van der Waals surface area contributed by atoms with E-state index in [4.69, 9.17) is 14.9 Å². The molecule has 2 atom stereocenters. The number of rotatable bonds is 5. The highest BCUT2D eigenvalue weighted by Gasteiger charge is 2.40. The zero-order valence-electron chi connectivity index (χ0n) is 11.9. The zero-order chi connectivity index (χ0) is 15.6. The Bertz CT molecular complexity index is 448. The molecular weight excluding hydrogens is 280 g/mol. The summed E-state index contributed by atoms with van der Waals surface area (Å²) in [7, 11) is 0. The van der Waals surface area contributed by atoms with Crippen LogP contribution in [0, 0.1) is 11.8 Å². The topological polar surface area (TPSA) is 116 Å². The van der Waals surface area contributed by atoms with Gasteiger partial charge in [-0.2, -0.15) is 0 Å². The lowest BCUT2D eigenvalue weighted by Gasteiger charge is -2.40. The monoisotopic (exact) mass is 300 g/mol. The van der Waals surface area contributed by atoms with Gasteiger partial charge in [0.1, 0.15) is 6.61 Å². The number of carboxylic acids is 2. The molecule has 0 aliphatic carbocycles. The molecule has 2 heterocycles. The normalized spacial score (nSPS) is 27.8. The van der Waals surface area contributed by atoms with Gasteiger partial charge in [-0.25, -0.2) is 0 Å². The molecule has 2 saturated heterocycles. The first kappa shape index (κ1) is 15.7. The molecule has 2 unspecified atom stereocenters. The predicted octanol–water partition coefficient (Wildman–Crippen LogP) is -1.00. The van der Waals surface area contributed by atoms with Crippen molar-refractivity contribution in [3.63, 3.8) is 0 Å². The Morgan fingerprint density at radius 3 is 2.33 bits per heavy atom. The molecule has 2 rings (SSSR count). The van der Waals surface area contributed by atoms with Gasteiger partial charge in [-0.3, -0.25) is 14.4 Å². The largest absolute Gasteiger partial charge is 0.481 e. The number of nitrogens with zero attached hydrogens (tertiary/aromatic N) is 1. The highest BCUT2D eigenvalue weighted by Crippen LogP contribution is 2.25. The molecule has 21 heavy (non-hydrogen) atoms. The minimum Gasteiger partial charge on any atom is -0.481 e. The van der Waals surface area contributed by atoms with Gasteiger partial charge >= 0.3 is 11.9 Å². The molecule has 118 valence electrons. The SMILES string of the molecule is CC1(OCC(=O)N2CCC(C(=O)O)C(C(=O)O)C2)CNC1. The number of likely N-dealkylation sites (tertiary alicyclic amines) is 1. The molecule has 0 radical (unpaired) electrons. The highest BCUT2D eigenvalue weighted by atomic mass is 16.5. The molecule has 8 nitrogen and oxygen atoms in total. The molecule has 0 aromatic heterocycles. The molecule has 0 bridgehead atoms. The molecule has 2 fully saturated rings. The fourth-order valence-corrected chi connectivity index (χ4v) is 2.63. The average molecular weight is 300 g/mol. The molecule has 0 saturated carbocycles. The van der Waals surface area contributed by atoms with Gasteiger partial charge in [-0.15, -0.1) is 0 Å². The zero-order valence-corrected chi connectivity index (χ0v) is 11.9. The summed E-state index contributed by atoms with van der Waals surface area (Å²) in [6, 6.07) is 0. The van der Waals surface area contributed by atoms with Crippen LogP contribution in [0.4, 0.5) is 0 Å². The molecule has 2 aliphatic rings. The molecule has 1 amide bonds. The van der Waals surface area contributed by atoms with E-state index in [0.29, 0.717) is 13.1 Å². The van der Waals surface area contributed by atoms with Crippen molar-refractivity contribution in [2.75, 3.05) is 32.8 Å². The number of carbonyl (C=O) groups is 3.